The second-order valence-electron chi connectivity index (χ2n) is 18.7. The molecule has 360 valence electrons. The van der Waals surface area contributed by atoms with Crippen LogP contribution >= 0.6 is 22.9 Å². The van der Waals surface area contributed by atoms with Crippen LogP contribution in [0.3, 0.4) is 0 Å². The zero-order chi connectivity index (χ0) is 49.4. The lowest BCUT2D eigenvalue weighted by Crippen LogP contribution is -2.58. The molecule has 2 aromatic heterocycles. The number of aromatic amines is 1. The lowest BCUT2D eigenvalue weighted by atomic mass is 9.85. The maximum atomic E-state index is 14.4. The molecule has 1 aliphatic heterocycles. The number of likely N-dealkylation sites (tertiary alicyclic amines) is 1. The first kappa shape index (κ1) is 51.3. The van der Waals surface area contributed by atoms with Crippen molar-refractivity contribution in [1.82, 2.24) is 30.7 Å². The minimum atomic E-state index is -1.00. The molecule has 1 saturated heterocycles. The zero-order valence-corrected chi connectivity index (χ0v) is 42.3. The van der Waals surface area contributed by atoms with E-state index >= 15 is 0 Å². The standard InChI is InChI=1S/C52H63ClN8O6S/c1-30-14-21-42(46-33(4)58-59-34(46)5)31(2)47(30)60(40-20-19-39(26-54)43(53)24-40)22-12-11-13-23-66-28-45(63)57-49(52(8,9)10)51(65)61-27-41(67-36(7)62)25-44(61)50(64)56-32(3)37-15-17-38(18-16-37)48-35(6)55-29-68-48/h14-21,24,29,32,41,44,49H,11-13,22-23,25,27-28H2,1-10H3,(H,56,64)(H,57,63)(H,58,59)/t32-,41+,44-,49+/m0/s1. The number of amides is 3. The van der Waals surface area contributed by atoms with Crippen molar-refractivity contribution in [2.45, 2.75) is 119 Å². The number of nitriles is 1. The van der Waals surface area contributed by atoms with E-state index in [1.165, 1.54) is 11.8 Å². The Bertz CT molecular complexity index is 2650. The molecule has 3 amide bonds. The number of benzene rings is 3. The van der Waals surface area contributed by atoms with Gasteiger partial charge >= 0.3 is 5.97 Å². The Kier molecular flexibility index (Phi) is 16.9. The van der Waals surface area contributed by atoms with Gasteiger partial charge in [-0.2, -0.15) is 10.4 Å². The molecule has 6 rings (SSSR count). The number of unbranched alkanes of at least 4 members (excludes halogenated alkanes) is 2. The topological polar surface area (TPSA) is 183 Å². The van der Waals surface area contributed by atoms with Gasteiger partial charge in [0.25, 0.3) is 0 Å². The summed E-state index contributed by atoms with van der Waals surface area (Å²) in [6.45, 7) is 19.6. The van der Waals surface area contributed by atoms with E-state index in [0.717, 1.165) is 79.6 Å². The van der Waals surface area contributed by atoms with Gasteiger partial charge in [0.15, 0.2) is 0 Å². The highest BCUT2D eigenvalue weighted by molar-refractivity contribution is 7.13. The van der Waals surface area contributed by atoms with E-state index in [2.05, 4.69) is 62.8 Å². The first-order valence-electron chi connectivity index (χ1n) is 23.0. The number of thiazole rings is 1. The molecule has 3 aromatic carbocycles. The highest BCUT2D eigenvalue weighted by Gasteiger charge is 2.46. The van der Waals surface area contributed by atoms with Crippen LogP contribution in [0.5, 0.6) is 0 Å². The van der Waals surface area contributed by atoms with Gasteiger partial charge in [0.05, 0.1) is 44.9 Å². The van der Waals surface area contributed by atoms with E-state index in [1.54, 1.807) is 17.4 Å². The third-order valence-corrected chi connectivity index (χ3v) is 13.8. The predicted molar refractivity (Wildman–Crippen MR) is 267 cm³/mol. The van der Waals surface area contributed by atoms with Gasteiger partial charge in [0.1, 0.15) is 30.9 Å². The van der Waals surface area contributed by atoms with Crippen molar-refractivity contribution in [3.05, 3.63) is 104 Å². The molecule has 3 N–H and O–H groups in total. The Morgan fingerprint density at radius 2 is 1.74 bits per heavy atom. The van der Waals surface area contributed by atoms with E-state index in [9.17, 15) is 24.4 Å². The molecule has 5 aromatic rings. The SMILES string of the molecule is CC(=O)O[C@@H]1C[C@@H](C(=O)N[C@@H](C)c2ccc(-c3scnc3C)cc2)N(C(=O)[C@@H](NC(=O)COCCCCCN(c2ccc(C#N)c(Cl)c2)c2c(C)ccc(-c3c(C)n[nH]c3C)c2C)C(C)(C)C)C1. The first-order chi connectivity index (χ1) is 32.3. The van der Waals surface area contributed by atoms with Crippen molar-refractivity contribution < 1.29 is 28.7 Å². The maximum absolute atomic E-state index is 14.4. The summed E-state index contributed by atoms with van der Waals surface area (Å²) >= 11 is 8.14. The number of hydrogen-bond donors (Lipinski definition) is 3. The monoisotopic (exact) mass is 962 g/mol. The smallest absolute Gasteiger partial charge is 0.302 e. The first-order valence-corrected chi connectivity index (χ1v) is 24.3. The summed E-state index contributed by atoms with van der Waals surface area (Å²) in [6, 6.07) is 17.5. The summed E-state index contributed by atoms with van der Waals surface area (Å²) < 4.78 is 11.4. The fourth-order valence-electron chi connectivity index (χ4n) is 8.94. The summed E-state index contributed by atoms with van der Waals surface area (Å²) in [7, 11) is 0. The average Bonchev–Trinajstić information content (AvgIpc) is 4.01. The summed E-state index contributed by atoms with van der Waals surface area (Å²) in [4.78, 5) is 63.0. The van der Waals surface area contributed by atoms with E-state index in [4.69, 9.17) is 21.1 Å². The molecule has 0 radical (unpaired) electrons. The van der Waals surface area contributed by atoms with Crippen molar-refractivity contribution in [3.8, 4) is 27.6 Å². The Labute approximate surface area is 408 Å². The molecule has 14 nitrogen and oxygen atoms in total. The molecule has 0 saturated carbocycles. The number of H-pyrrole nitrogens is 1. The van der Waals surface area contributed by atoms with Crippen LogP contribution in [-0.4, -0.2) is 88.3 Å². The highest BCUT2D eigenvalue weighted by Crippen LogP contribution is 2.40. The third-order valence-electron chi connectivity index (χ3n) is 12.5. The van der Waals surface area contributed by atoms with Crippen LogP contribution in [0.2, 0.25) is 5.02 Å². The largest absolute Gasteiger partial charge is 0.461 e. The summed E-state index contributed by atoms with van der Waals surface area (Å²) in [5.41, 5.74) is 12.5. The van der Waals surface area contributed by atoms with Gasteiger partial charge in [-0.05, 0) is 112 Å². The molecule has 1 aliphatic rings. The lowest BCUT2D eigenvalue weighted by molar-refractivity contribution is -0.147. The third kappa shape index (κ3) is 12.1. The fourth-order valence-corrected chi connectivity index (χ4v) is 9.97. The number of aromatic nitrogens is 3. The number of anilines is 2. The van der Waals surface area contributed by atoms with Gasteiger partial charge in [-0.15, -0.1) is 11.3 Å². The van der Waals surface area contributed by atoms with Gasteiger partial charge in [-0.1, -0.05) is 68.8 Å². The van der Waals surface area contributed by atoms with Crippen LogP contribution < -0.4 is 15.5 Å². The van der Waals surface area contributed by atoms with Gasteiger partial charge in [-0.25, -0.2) is 4.98 Å². The second kappa shape index (κ2) is 22.4. The number of aryl methyl sites for hydroxylation is 4. The molecule has 1 fully saturated rings. The number of ether oxygens (including phenoxy) is 2. The Morgan fingerprint density at radius 3 is 2.35 bits per heavy atom. The molecule has 0 unspecified atom stereocenters. The number of halogens is 1. The van der Waals surface area contributed by atoms with E-state index in [1.807, 2.05) is 90.4 Å². The zero-order valence-electron chi connectivity index (χ0n) is 40.7. The number of esters is 1. The minimum absolute atomic E-state index is 0.0106. The van der Waals surface area contributed by atoms with Crippen LogP contribution in [0.25, 0.3) is 21.6 Å². The Morgan fingerprint density at radius 1 is 1.00 bits per heavy atom. The van der Waals surface area contributed by atoms with E-state index in [-0.39, 0.29) is 31.5 Å². The van der Waals surface area contributed by atoms with E-state index < -0.39 is 41.4 Å². The van der Waals surface area contributed by atoms with Gasteiger partial charge in [0, 0.05) is 49.1 Å². The molecule has 68 heavy (non-hydrogen) atoms. The average molecular weight is 964 g/mol. The normalized spacial score (nSPS) is 15.6. The molecular formula is C52H63ClN8O6S. The molecule has 16 heteroatoms. The Balaban J connectivity index is 1.06. The van der Waals surface area contributed by atoms with Crippen molar-refractivity contribution in [3.63, 3.8) is 0 Å². The van der Waals surface area contributed by atoms with Crippen molar-refractivity contribution in [2.75, 3.05) is 31.2 Å². The van der Waals surface area contributed by atoms with Gasteiger partial charge in [-0.3, -0.25) is 24.3 Å². The van der Waals surface area contributed by atoms with Crippen LogP contribution in [0, 0.1) is 51.4 Å². The number of hydrogen-bond acceptors (Lipinski definition) is 11. The number of rotatable bonds is 18. The van der Waals surface area contributed by atoms with Crippen molar-refractivity contribution in [1.29, 1.82) is 5.26 Å². The quantitative estimate of drug-likeness (QED) is 0.0565. The minimum Gasteiger partial charge on any atom is -0.461 e. The lowest BCUT2D eigenvalue weighted by Gasteiger charge is -2.35. The summed E-state index contributed by atoms with van der Waals surface area (Å²) in [5.74, 6) is -1.80. The number of nitrogens with one attached hydrogen (secondary N) is 3. The number of nitrogens with zero attached hydrogens (tertiary/aromatic N) is 5. The number of carbonyl (C=O) groups excluding carboxylic acids is 4. The van der Waals surface area contributed by atoms with Crippen LogP contribution in [0.4, 0.5) is 11.4 Å². The second-order valence-corrected chi connectivity index (χ2v) is 20.0. The molecule has 0 spiro atoms. The van der Waals surface area contributed by atoms with Crippen molar-refractivity contribution >= 4 is 58.0 Å². The Hall–Kier alpha value is -6.08. The molecule has 4 atom stereocenters. The summed E-state index contributed by atoms with van der Waals surface area (Å²) in [6.07, 6.45) is 1.70. The fraction of sp³-hybridized carbons (Fsp3) is 0.442. The number of carbonyl (C=O) groups is 4. The van der Waals surface area contributed by atoms with E-state index in [0.29, 0.717) is 30.2 Å². The molecule has 0 bridgehead atoms. The highest BCUT2D eigenvalue weighted by atomic mass is 35.5. The molecular weight excluding hydrogens is 900 g/mol. The molecule has 0 aliphatic carbocycles. The van der Waals surface area contributed by atoms with Crippen LogP contribution in [0.1, 0.15) is 106 Å². The van der Waals surface area contributed by atoms with Gasteiger partial charge < -0.3 is 29.9 Å². The summed E-state index contributed by atoms with van der Waals surface area (Å²) in [5, 5.41) is 23.5. The van der Waals surface area contributed by atoms with Crippen molar-refractivity contribution in [2.24, 2.45) is 5.41 Å². The van der Waals surface area contributed by atoms with Crippen LogP contribution in [0.15, 0.2) is 60.1 Å². The predicted octanol–water partition coefficient (Wildman–Crippen LogP) is 9.53. The maximum Gasteiger partial charge on any atom is 0.302 e. The molecule has 3 heterocycles. The van der Waals surface area contributed by atoms with Gasteiger partial charge in [0.2, 0.25) is 17.7 Å². The van der Waals surface area contributed by atoms with Crippen LogP contribution in [-0.2, 0) is 28.7 Å².